The molecule has 3 unspecified atom stereocenters. The quantitative estimate of drug-likeness (QED) is 0.317. The fourth-order valence-electron chi connectivity index (χ4n) is 8.91. The first-order valence-electron chi connectivity index (χ1n) is 16.1. The Morgan fingerprint density at radius 2 is 1.66 bits per heavy atom. The highest BCUT2D eigenvalue weighted by Crippen LogP contribution is 2.62. The van der Waals surface area contributed by atoms with Crippen molar-refractivity contribution in [2.75, 3.05) is 6.54 Å². The molecule has 1 aliphatic heterocycles. The molecule has 9 nitrogen and oxygen atoms in total. The smallest absolute Gasteiger partial charge is 0.308 e. The second-order valence-electron chi connectivity index (χ2n) is 13.8. The first kappa shape index (κ1) is 33.7. The second-order valence-corrected chi connectivity index (χ2v) is 13.8. The van der Waals surface area contributed by atoms with Gasteiger partial charge in [-0.15, -0.1) is 0 Å². The van der Waals surface area contributed by atoms with Crippen molar-refractivity contribution in [2.45, 2.75) is 112 Å². The SMILES string of the molecule is CC(=O)Oc1ccc(C)c(CC[C@H]2C3CC4C([C@H](C)C(=O)[C@@H](OC(C)=O)C[C@H](C)CN4C(C)=O)[C@@]3(C)CC[C@@H]2OC(C)=O)c1. The average molecular weight is 612 g/mol. The Labute approximate surface area is 261 Å². The number of nitrogens with zero attached hydrogens (tertiary/aromatic N) is 1. The summed E-state index contributed by atoms with van der Waals surface area (Å²) >= 11 is 0. The van der Waals surface area contributed by atoms with Crippen molar-refractivity contribution in [2.24, 2.45) is 35.0 Å². The van der Waals surface area contributed by atoms with Gasteiger partial charge >= 0.3 is 17.9 Å². The molecule has 9 heteroatoms. The van der Waals surface area contributed by atoms with E-state index in [4.69, 9.17) is 14.2 Å². The molecule has 1 amide bonds. The van der Waals surface area contributed by atoms with Gasteiger partial charge < -0.3 is 19.1 Å². The van der Waals surface area contributed by atoms with Gasteiger partial charge in [-0.1, -0.05) is 26.8 Å². The van der Waals surface area contributed by atoms with Crippen molar-refractivity contribution in [3.8, 4) is 5.75 Å². The first-order valence-corrected chi connectivity index (χ1v) is 16.1. The molecule has 242 valence electrons. The molecule has 44 heavy (non-hydrogen) atoms. The van der Waals surface area contributed by atoms with E-state index in [2.05, 4.69) is 6.92 Å². The van der Waals surface area contributed by atoms with Crippen molar-refractivity contribution in [3.63, 3.8) is 0 Å². The number of benzene rings is 1. The third-order valence-electron chi connectivity index (χ3n) is 10.7. The number of Topliss-reactive ketones (excluding diaryl/α,β-unsaturated/α-hetero) is 1. The number of ketones is 1. The number of hydrogen-bond donors (Lipinski definition) is 0. The fourth-order valence-corrected chi connectivity index (χ4v) is 8.91. The minimum atomic E-state index is -0.839. The standard InChI is InChI=1S/C35H49NO8/c1-19-15-32(44-25(7)40)34(41)21(3)33-30(36(18-19)22(4)37)17-29-28(31(43-24(6)39)13-14-35(29,33)8)12-10-26-16-27(42-23(5)38)11-9-20(26)2/h9,11,16,19,21,28-33H,10,12-15,17-18H2,1-8H3/t19-,21-,28-,29?,30?,31-,32-,33?,35-/m0/s1. The van der Waals surface area contributed by atoms with Crippen molar-refractivity contribution in [1.29, 1.82) is 0 Å². The maximum atomic E-state index is 14.0. The van der Waals surface area contributed by atoms with Crippen LogP contribution in [0.25, 0.3) is 0 Å². The van der Waals surface area contributed by atoms with E-state index in [0.29, 0.717) is 38.0 Å². The number of carbonyl (C=O) groups is 5. The van der Waals surface area contributed by atoms with Gasteiger partial charge in [-0.2, -0.15) is 0 Å². The molecule has 3 aliphatic rings. The molecule has 0 spiro atoms. The zero-order valence-corrected chi connectivity index (χ0v) is 27.5. The van der Waals surface area contributed by atoms with E-state index in [9.17, 15) is 24.0 Å². The van der Waals surface area contributed by atoms with Gasteiger partial charge in [0.05, 0.1) is 0 Å². The summed E-state index contributed by atoms with van der Waals surface area (Å²) in [5, 5.41) is 0. The van der Waals surface area contributed by atoms with Crippen LogP contribution in [0.2, 0.25) is 0 Å². The maximum Gasteiger partial charge on any atom is 0.308 e. The highest BCUT2D eigenvalue weighted by Gasteiger charge is 2.62. The van der Waals surface area contributed by atoms with E-state index in [1.807, 2.05) is 37.8 Å². The highest BCUT2D eigenvalue weighted by atomic mass is 16.5. The Kier molecular flexibility index (Phi) is 10.3. The van der Waals surface area contributed by atoms with Crippen LogP contribution in [0.15, 0.2) is 18.2 Å². The third-order valence-corrected chi connectivity index (χ3v) is 10.7. The molecule has 0 N–H and O–H groups in total. The summed E-state index contributed by atoms with van der Waals surface area (Å²) in [6, 6.07) is 5.48. The number of aryl methyl sites for hydroxylation is 2. The van der Waals surface area contributed by atoms with Crippen LogP contribution in [0, 0.1) is 41.9 Å². The predicted molar refractivity (Wildman–Crippen MR) is 163 cm³/mol. The topological polar surface area (TPSA) is 116 Å². The molecular weight excluding hydrogens is 562 g/mol. The van der Waals surface area contributed by atoms with E-state index in [1.165, 1.54) is 20.8 Å². The monoisotopic (exact) mass is 611 g/mol. The largest absolute Gasteiger partial charge is 0.462 e. The van der Waals surface area contributed by atoms with Crippen LogP contribution >= 0.6 is 0 Å². The van der Waals surface area contributed by atoms with Crippen LogP contribution in [0.3, 0.4) is 0 Å². The van der Waals surface area contributed by atoms with Gasteiger partial charge in [0.2, 0.25) is 5.91 Å². The minimum absolute atomic E-state index is 0.00247. The molecule has 3 fully saturated rings. The minimum Gasteiger partial charge on any atom is -0.462 e. The van der Waals surface area contributed by atoms with E-state index >= 15 is 0 Å². The van der Waals surface area contributed by atoms with Crippen LogP contribution in [0.1, 0.15) is 91.7 Å². The summed E-state index contributed by atoms with van der Waals surface area (Å²) in [6.07, 6.45) is 2.82. The lowest BCUT2D eigenvalue weighted by Gasteiger charge is -2.49. The van der Waals surface area contributed by atoms with E-state index in [1.54, 1.807) is 13.0 Å². The number of ether oxygens (including phenoxy) is 3. The molecule has 0 radical (unpaired) electrons. The van der Waals surface area contributed by atoms with Crippen LogP contribution in [-0.4, -0.2) is 59.3 Å². The molecule has 1 heterocycles. The lowest BCUT2D eigenvalue weighted by atomic mass is 9.57. The van der Waals surface area contributed by atoms with Gasteiger partial charge in [0.25, 0.3) is 0 Å². The Morgan fingerprint density at radius 1 is 0.977 bits per heavy atom. The van der Waals surface area contributed by atoms with Gasteiger partial charge in [-0.05, 0) is 97.8 Å². The van der Waals surface area contributed by atoms with Crippen LogP contribution in [0.5, 0.6) is 5.75 Å². The summed E-state index contributed by atoms with van der Waals surface area (Å²) in [4.78, 5) is 65.1. The molecule has 0 bridgehead atoms. The Bertz CT molecular complexity index is 1290. The number of rotatable bonds is 6. The number of hydrogen-bond acceptors (Lipinski definition) is 8. The fraction of sp³-hybridized carbons (Fsp3) is 0.686. The maximum absolute atomic E-state index is 14.0. The zero-order chi connectivity index (χ0) is 32.5. The molecule has 4 rings (SSSR count). The summed E-state index contributed by atoms with van der Waals surface area (Å²) < 4.78 is 16.9. The zero-order valence-electron chi connectivity index (χ0n) is 27.5. The first-order chi connectivity index (χ1) is 20.6. The van der Waals surface area contributed by atoms with Gasteiger partial charge in [-0.3, -0.25) is 24.0 Å². The number of fused-ring (bicyclic) bond motifs is 3. The molecule has 9 atom stereocenters. The van der Waals surface area contributed by atoms with Crippen molar-refractivity contribution >= 4 is 29.6 Å². The summed E-state index contributed by atoms with van der Waals surface area (Å²) in [5.74, 6) is -1.28. The van der Waals surface area contributed by atoms with Crippen LogP contribution in [-0.2, 0) is 39.9 Å². The van der Waals surface area contributed by atoms with Crippen LogP contribution in [0.4, 0.5) is 0 Å². The molecule has 0 aromatic heterocycles. The van der Waals surface area contributed by atoms with Crippen molar-refractivity contribution < 1.29 is 38.2 Å². The molecule has 1 saturated heterocycles. The lowest BCUT2D eigenvalue weighted by Crippen LogP contribution is -2.50. The summed E-state index contributed by atoms with van der Waals surface area (Å²) in [6.45, 7) is 14.4. The van der Waals surface area contributed by atoms with Crippen molar-refractivity contribution in [3.05, 3.63) is 29.3 Å². The van der Waals surface area contributed by atoms with Gasteiger partial charge in [0, 0.05) is 46.2 Å². The molecular formula is C35H49NO8. The average Bonchev–Trinajstić information content (AvgIpc) is 3.24. The lowest BCUT2D eigenvalue weighted by molar-refractivity contribution is -0.160. The van der Waals surface area contributed by atoms with Crippen molar-refractivity contribution in [1.82, 2.24) is 4.90 Å². The van der Waals surface area contributed by atoms with E-state index in [0.717, 1.165) is 24.0 Å². The van der Waals surface area contributed by atoms with Gasteiger partial charge in [0.1, 0.15) is 11.9 Å². The molecule has 2 aliphatic carbocycles. The van der Waals surface area contributed by atoms with Gasteiger partial charge in [-0.25, -0.2) is 0 Å². The second kappa shape index (κ2) is 13.4. The summed E-state index contributed by atoms with van der Waals surface area (Å²) in [7, 11) is 0. The predicted octanol–water partition coefficient (Wildman–Crippen LogP) is 5.23. The molecule has 1 aromatic carbocycles. The Hall–Kier alpha value is -3.23. The molecule has 2 saturated carbocycles. The summed E-state index contributed by atoms with van der Waals surface area (Å²) in [5.41, 5.74) is 1.84. The van der Waals surface area contributed by atoms with Crippen LogP contribution < -0.4 is 4.74 Å². The number of amides is 1. The number of esters is 3. The Balaban J connectivity index is 1.73. The normalized spacial score (nSPS) is 33.6. The highest BCUT2D eigenvalue weighted by molar-refractivity contribution is 5.88. The molecule has 1 aromatic rings. The van der Waals surface area contributed by atoms with Gasteiger partial charge in [0.15, 0.2) is 11.9 Å². The number of carbonyl (C=O) groups excluding carboxylic acids is 5. The van der Waals surface area contributed by atoms with E-state index < -0.39 is 18.0 Å². The third kappa shape index (κ3) is 7.02. The van der Waals surface area contributed by atoms with E-state index in [-0.39, 0.29) is 64.9 Å². The Morgan fingerprint density at radius 3 is 2.27 bits per heavy atom.